The van der Waals surface area contributed by atoms with Gasteiger partial charge in [0.2, 0.25) is 0 Å². The number of ether oxygens (including phenoxy) is 8. The zero-order chi connectivity index (χ0) is 59.3. The molecule has 0 radical (unpaired) electrons. The summed E-state index contributed by atoms with van der Waals surface area (Å²) in [5.41, 5.74) is 0.259. The summed E-state index contributed by atoms with van der Waals surface area (Å²) in [6.07, 6.45) is -1.81. The fraction of sp³-hybridized carbons (Fsp3) is 0.431. The maximum absolute atomic E-state index is 14.9. The van der Waals surface area contributed by atoms with Gasteiger partial charge in [-0.25, -0.2) is 14.4 Å². The predicted octanol–water partition coefficient (Wildman–Crippen LogP) is 10.1. The summed E-state index contributed by atoms with van der Waals surface area (Å²) in [5, 5.41) is 2.02. The monoisotopic (exact) mass is 1200 g/mol. The molecular weight excluding hydrogens is 1140 g/mol. The zero-order valence-corrected chi connectivity index (χ0v) is 48.7. The lowest BCUT2D eigenvalue weighted by Crippen LogP contribution is -2.50. The van der Waals surface area contributed by atoms with Gasteiger partial charge in [0.25, 0.3) is 23.6 Å². The highest BCUT2D eigenvalue weighted by atomic mass is 35.5. The number of benzene rings is 5. The van der Waals surface area contributed by atoms with E-state index in [1.807, 2.05) is 27.7 Å². The van der Waals surface area contributed by atoms with E-state index in [1.54, 1.807) is 7.11 Å². The molecule has 81 heavy (non-hydrogen) atoms. The molecule has 432 valence electrons. The largest absolute Gasteiger partial charge is 0.463 e. The molecule has 7 rings (SSSR count). The van der Waals surface area contributed by atoms with Crippen molar-refractivity contribution in [2.24, 2.45) is 11.8 Å². The van der Waals surface area contributed by atoms with E-state index in [1.165, 1.54) is 38.1 Å². The number of rotatable bonds is 28. The Morgan fingerprint density at radius 1 is 0.481 bits per heavy atom. The maximum Gasteiger partial charge on any atom is 0.333 e. The third kappa shape index (κ3) is 13.4. The fourth-order valence-corrected chi connectivity index (χ4v) is 11.1. The van der Waals surface area contributed by atoms with Gasteiger partial charge in [0.15, 0.2) is 6.10 Å². The third-order valence-corrected chi connectivity index (χ3v) is 14.5. The van der Waals surface area contributed by atoms with E-state index in [2.05, 4.69) is 13.2 Å². The molecule has 23 heteroatoms. The number of fused-ring (bicyclic) bond motifs is 2. The Kier molecular flexibility index (Phi) is 20.4. The highest BCUT2D eigenvalue weighted by Gasteiger charge is 2.43. The van der Waals surface area contributed by atoms with Crippen LogP contribution in [0.4, 0.5) is 0 Å². The van der Waals surface area contributed by atoms with E-state index in [9.17, 15) is 43.2 Å². The van der Waals surface area contributed by atoms with Gasteiger partial charge < -0.3 is 37.9 Å². The van der Waals surface area contributed by atoms with Crippen molar-refractivity contribution < 1.29 is 81.0 Å². The fourth-order valence-electron chi connectivity index (χ4n) is 9.90. The van der Waals surface area contributed by atoms with Gasteiger partial charge >= 0.3 is 29.8 Å². The molecule has 4 amide bonds. The van der Waals surface area contributed by atoms with Crippen LogP contribution in [0.25, 0.3) is 43.1 Å². The van der Waals surface area contributed by atoms with Gasteiger partial charge in [-0.05, 0) is 62.8 Å². The van der Waals surface area contributed by atoms with Gasteiger partial charge in [-0.2, -0.15) is 0 Å². The van der Waals surface area contributed by atoms with Crippen LogP contribution in [0.15, 0.2) is 48.6 Å². The van der Waals surface area contributed by atoms with Crippen LogP contribution in [0, 0.1) is 11.8 Å². The number of hydrogen-bond acceptors (Lipinski definition) is 17. The third-order valence-electron chi connectivity index (χ3n) is 13.4. The molecule has 2 heterocycles. The molecule has 0 saturated carbocycles. The number of carbonyl (C=O) groups is 9. The highest BCUT2D eigenvalue weighted by molar-refractivity contribution is 6.56. The van der Waals surface area contributed by atoms with Crippen molar-refractivity contribution in [3.8, 4) is 0 Å². The lowest BCUT2D eigenvalue weighted by molar-refractivity contribution is -0.165. The lowest BCUT2D eigenvalue weighted by atomic mass is 9.81. The number of amides is 4. The summed E-state index contributed by atoms with van der Waals surface area (Å²) in [7, 11) is 1.55. The number of nitrogens with zero attached hydrogens (tertiary/aromatic N) is 2. The highest BCUT2D eigenvalue weighted by Crippen LogP contribution is 2.54. The smallest absolute Gasteiger partial charge is 0.333 e. The Labute approximate surface area is 486 Å². The van der Waals surface area contributed by atoms with Crippen molar-refractivity contribution in [3.05, 3.63) is 90.9 Å². The topological polar surface area (TPSA) is 234 Å². The van der Waals surface area contributed by atoms with E-state index in [0.717, 1.165) is 9.80 Å². The van der Waals surface area contributed by atoms with Gasteiger partial charge in [-0.15, -0.1) is 0 Å². The summed E-state index contributed by atoms with van der Waals surface area (Å²) >= 11 is 29.0. The standard InChI is InChI=1S/C58H60Cl4N2O17/c1-27(2)16-31(22-77-42(65)10-11-43(66)81-33(24-79-57(72)29(5)6)25-80-58(73)30(7)8)63-53(68)34-18-38(59)47-49-40(61)20-36-46-37(21-41(62)50(52(46)49)48-39(60)19-35(54(63)69)45(34)51(47)48)56(71)64(55(36)70)32(17-28(3)4)23-78-44(67)26-76-15-14-75-13-12-74-9/h18-21,27-28,31-33H,5,7,10-17,22-26H2,1-4,6,8-9H3. The number of esters is 5. The van der Waals surface area contributed by atoms with Crippen LogP contribution >= 0.6 is 46.4 Å². The van der Waals surface area contributed by atoms with Crippen LogP contribution < -0.4 is 0 Å². The van der Waals surface area contributed by atoms with E-state index < -0.39 is 111 Å². The second-order valence-electron chi connectivity index (χ2n) is 20.5. The average molecular weight is 1200 g/mol. The van der Waals surface area contributed by atoms with Crippen LogP contribution in [0.5, 0.6) is 0 Å². The second kappa shape index (κ2) is 26.6. The average Bonchev–Trinajstić information content (AvgIpc) is 3.59. The summed E-state index contributed by atoms with van der Waals surface area (Å²) in [4.78, 5) is 125. The molecule has 2 aliphatic rings. The number of halogens is 4. The van der Waals surface area contributed by atoms with Crippen molar-refractivity contribution in [2.75, 3.05) is 66.6 Å². The molecule has 0 spiro atoms. The minimum Gasteiger partial charge on any atom is -0.463 e. The first-order valence-corrected chi connectivity index (χ1v) is 27.4. The quantitative estimate of drug-likeness (QED) is 0.00861. The number of hydrogen-bond donors (Lipinski definition) is 0. The summed E-state index contributed by atoms with van der Waals surface area (Å²) in [6, 6.07) is 3.68. The van der Waals surface area contributed by atoms with Crippen LogP contribution in [0.1, 0.15) is 109 Å². The van der Waals surface area contributed by atoms with Crippen LogP contribution in [0.2, 0.25) is 20.1 Å². The molecule has 19 nitrogen and oxygen atoms in total. The minimum absolute atomic E-state index is 0.000540. The van der Waals surface area contributed by atoms with Crippen molar-refractivity contribution in [2.45, 2.75) is 85.4 Å². The Morgan fingerprint density at radius 3 is 1.21 bits per heavy atom. The molecule has 2 aliphatic heterocycles. The number of carbonyl (C=O) groups excluding carboxylic acids is 9. The SMILES string of the molecule is C=C(C)C(=O)OCC(COC(=O)C(=C)C)OC(=O)CCC(=O)OCC(CC(C)C)N1C(=O)c2cc(Cl)c3c4c(Cl)cc5c6c(cc(Cl)c(c7c(Cl)cc(c2c37)C1=O)c64)C(=O)N(C(COC(=O)COCCOCCOC)CC(C)C)C5=O. The summed E-state index contributed by atoms with van der Waals surface area (Å²) in [6.45, 7) is 16.2. The normalized spacial score (nSPS) is 14.0. The first-order chi connectivity index (χ1) is 38.4. The molecule has 5 aromatic rings. The zero-order valence-electron chi connectivity index (χ0n) is 45.6. The molecule has 5 aromatic carbocycles. The van der Waals surface area contributed by atoms with Gasteiger partial charge in [0.1, 0.15) is 33.0 Å². The molecule has 2 atom stereocenters. The molecular formula is C58H60Cl4N2O17. The molecule has 0 saturated heterocycles. The number of methoxy groups -OCH3 is 1. The number of imide groups is 2. The Balaban J connectivity index is 1.17. The van der Waals surface area contributed by atoms with E-state index in [4.69, 9.17) is 84.3 Å². The van der Waals surface area contributed by atoms with Crippen molar-refractivity contribution in [1.29, 1.82) is 0 Å². The Morgan fingerprint density at radius 2 is 0.840 bits per heavy atom. The molecule has 0 bridgehead atoms. The Hall–Kier alpha value is -6.45. The molecule has 0 N–H and O–H groups in total. The van der Waals surface area contributed by atoms with E-state index >= 15 is 0 Å². The second-order valence-corrected chi connectivity index (χ2v) is 22.2. The minimum atomic E-state index is -1.24. The lowest BCUT2D eigenvalue weighted by Gasteiger charge is -2.36. The van der Waals surface area contributed by atoms with Gasteiger partial charge in [0, 0.05) is 81.4 Å². The first kappa shape index (κ1) is 62.2. The van der Waals surface area contributed by atoms with Gasteiger partial charge in [-0.1, -0.05) is 87.3 Å². The Bertz CT molecular complexity index is 3250. The predicted molar refractivity (Wildman–Crippen MR) is 301 cm³/mol. The van der Waals surface area contributed by atoms with Crippen LogP contribution in [-0.2, 0) is 61.9 Å². The maximum atomic E-state index is 14.9. The van der Waals surface area contributed by atoms with Crippen LogP contribution in [-0.4, -0.2) is 148 Å². The van der Waals surface area contributed by atoms with Gasteiger partial charge in [-0.3, -0.25) is 38.6 Å². The van der Waals surface area contributed by atoms with Crippen molar-refractivity contribution >= 4 is 143 Å². The molecule has 0 aromatic heterocycles. The molecule has 2 unspecified atom stereocenters. The van der Waals surface area contributed by atoms with Gasteiger partial charge in [0.05, 0.1) is 73.6 Å². The van der Waals surface area contributed by atoms with Crippen molar-refractivity contribution in [3.63, 3.8) is 0 Å². The summed E-state index contributed by atoms with van der Waals surface area (Å²) < 4.78 is 42.4. The van der Waals surface area contributed by atoms with E-state index in [-0.39, 0.29) is 141 Å². The first-order valence-electron chi connectivity index (χ1n) is 25.9. The van der Waals surface area contributed by atoms with E-state index in [0.29, 0.717) is 13.2 Å². The van der Waals surface area contributed by atoms with Crippen molar-refractivity contribution in [1.82, 2.24) is 9.80 Å². The molecule has 0 fully saturated rings. The molecule has 0 aliphatic carbocycles. The van der Waals surface area contributed by atoms with Crippen LogP contribution in [0.3, 0.4) is 0 Å². The summed E-state index contributed by atoms with van der Waals surface area (Å²) in [5.74, 6) is -7.23.